The van der Waals surface area contributed by atoms with Crippen molar-refractivity contribution < 1.29 is 24.3 Å². The maximum atomic E-state index is 13.3. The van der Waals surface area contributed by atoms with Crippen molar-refractivity contribution >= 4 is 17.9 Å². The number of nitrogens with zero attached hydrogens (tertiary/aromatic N) is 2. The van der Waals surface area contributed by atoms with Crippen molar-refractivity contribution in [2.75, 3.05) is 26.7 Å². The van der Waals surface area contributed by atoms with E-state index in [1.54, 1.807) is 31.3 Å². The Hall–Kier alpha value is -2.65. The monoisotopic (exact) mass is 446 g/mol. The Morgan fingerprint density at radius 3 is 2.44 bits per heavy atom. The lowest BCUT2D eigenvalue weighted by molar-refractivity contribution is -0.145. The second-order valence-electron chi connectivity index (χ2n) is 8.91. The number of hydrogen-bond donors (Lipinski definition) is 3. The van der Waals surface area contributed by atoms with E-state index in [4.69, 9.17) is 4.74 Å². The number of hydrogen-bond acceptors (Lipinski definition) is 6. The van der Waals surface area contributed by atoms with Gasteiger partial charge >= 0.3 is 6.09 Å². The van der Waals surface area contributed by atoms with E-state index in [9.17, 15) is 19.6 Å². The van der Waals surface area contributed by atoms with E-state index in [2.05, 4.69) is 17.4 Å². The smallest absolute Gasteiger partial charge is 0.410 e. The van der Waals surface area contributed by atoms with Gasteiger partial charge in [0.15, 0.2) is 0 Å². The zero-order valence-corrected chi connectivity index (χ0v) is 19.0. The molecule has 1 aromatic carbocycles. The fourth-order valence-corrected chi connectivity index (χ4v) is 4.60. The Kier molecular flexibility index (Phi) is 8.09. The molecule has 0 aromatic heterocycles. The van der Waals surface area contributed by atoms with Crippen LogP contribution in [0.2, 0.25) is 0 Å². The van der Waals surface area contributed by atoms with Gasteiger partial charge in [0.25, 0.3) is 0 Å². The molecule has 0 saturated carbocycles. The highest BCUT2D eigenvalue weighted by atomic mass is 16.6. The van der Waals surface area contributed by atoms with E-state index in [-0.39, 0.29) is 24.5 Å². The molecule has 3 atom stereocenters. The van der Waals surface area contributed by atoms with Gasteiger partial charge in [0.05, 0.1) is 18.1 Å². The summed E-state index contributed by atoms with van der Waals surface area (Å²) in [5.74, 6) is -1.16. The van der Waals surface area contributed by atoms with Crippen molar-refractivity contribution in [3.63, 3.8) is 0 Å². The van der Waals surface area contributed by atoms with Crippen LogP contribution in [0.1, 0.15) is 44.6 Å². The van der Waals surface area contributed by atoms with Gasteiger partial charge in [-0.3, -0.25) is 14.8 Å². The van der Waals surface area contributed by atoms with Crippen molar-refractivity contribution in [1.82, 2.24) is 20.6 Å². The SMILES string of the molecule is CC(C)OC(=O)N(C)C1CN[C@H](C(=O)N2CCC(c3ccccc3)CC2)[C@@H](C(=O)NO)C1. The van der Waals surface area contributed by atoms with Crippen LogP contribution >= 0.6 is 0 Å². The number of amides is 3. The highest BCUT2D eigenvalue weighted by Gasteiger charge is 2.43. The van der Waals surface area contributed by atoms with E-state index in [1.165, 1.54) is 10.5 Å². The predicted octanol–water partition coefficient (Wildman–Crippen LogP) is 1.72. The average Bonchev–Trinajstić information content (AvgIpc) is 2.82. The average molecular weight is 447 g/mol. The predicted molar refractivity (Wildman–Crippen MR) is 118 cm³/mol. The maximum absolute atomic E-state index is 13.3. The number of carbonyl (C=O) groups excluding carboxylic acids is 3. The van der Waals surface area contributed by atoms with Crippen LogP contribution in [-0.4, -0.2) is 77.8 Å². The minimum absolute atomic E-state index is 0.143. The molecule has 2 heterocycles. The normalized spacial score (nSPS) is 24.2. The van der Waals surface area contributed by atoms with Crippen molar-refractivity contribution in [2.24, 2.45) is 5.92 Å². The summed E-state index contributed by atoms with van der Waals surface area (Å²) in [6.45, 7) is 5.13. The number of rotatable bonds is 5. The van der Waals surface area contributed by atoms with Gasteiger partial charge in [0.1, 0.15) is 0 Å². The number of hydroxylamine groups is 1. The summed E-state index contributed by atoms with van der Waals surface area (Å²) in [6.07, 6.45) is 1.24. The third-order valence-corrected chi connectivity index (χ3v) is 6.46. The first-order valence-electron chi connectivity index (χ1n) is 11.3. The largest absolute Gasteiger partial charge is 0.447 e. The van der Waals surface area contributed by atoms with Gasteiger partial charge in [-0.25, -0.2) is 10.3 Å². The van der Waals surface area contributed by atoms with Crippen LogP contribution in [-0.2, 0) is 14.3 Å². The number of nitrogens with one attached hydrogen (secondary N) is 2. The summed E-state index contributed by atoms with van der Waals surface area (Å²) in [6, 6.07) is 9.21. The Balaban J connectivity index is 1.63. The Labute approximate surface area is 189 Å². The molecule has 2 fully saturated rings. The third-order valence-electron chi connectivity index (χ3n) is 6.46. The molecule has 0 aliphatic carbocycles. The number of carbonyl (C=O) groups is 3. The maximum Gasteiger partial charge on any atom is 0.410 e. The Morgan fingerprint density at radius 2 is 1.84 bits per heavy atom. The number of piperidine rings is 2. The molecule has 3 N–H and O–H groups in total. The number of likely N-dealkylation sites (tertiary alicyclic amines) is 1. The molecule has 1 aromatic rings. The van der Waals surface area contributed by atoms with Gasteiger partial charge in [-0.05, 0) is 44.6 Å². The van der Waals surface area contributed by atoms with Crippen molar-refractivity contribution in [1.29, 1.82) is 0 Å². The van der Waals surface area contributed by atoms with Gasteiger partial charge in [0, 0.05) is 32.7 Å². The quantitative estimate of drug-likeness (QED) is 0.469. The topological polar surface area (TPSA) is 111 Å². The molecule has 3 amide bonds. The molecule has 1 unspecified atom stereocenters. The summed E-state index contributed by atoms with van der Waals surface area (Å²) in [7, 11) is 1.61. The van der Waals surface area contributed by atoms with Gasteiger partial charge in [-0.15, -0.1) is 0 Å². The highest BCUT2D eigenvalue weighted by Crippen LogP contribution is 2.29. The highest BCUT2D eigenvalue weighted by molar-refractivity contribution is 5.90. The Morgan fingerprint density at radius 1 is 1.19 bits per heavy atom. The first-order chi connectivity index (χ1) is 15.3. The lowest BCUT2D eigenvalue weighted by Gasteiger charge is -2.41. The van der Waals surface area contributed by atoms with Crippen LogP contribution in [0.4, 0.5) is 4.79 Å². The number of benzene rings is 1. The first-order valence-corrected chi connectivity index (χ1v) is 11.3. The van der Waals surface area contributed by atoms with Crippen LogP contribution in [0, 0.1) is 5.92 Å². The fraction of sp³-hybridized carbons (Fsp3) is 0.609. The molecule has 2 aliphatic heterocycles. The van der Waals surface area contributed by atoms with E-state index in [0.29, 0.717) is 25.6 Å². The second kappa shape index (κ2) is 10.8. The molecule has 0 radical (unpaired) electrons. The van der Waals surface area contributed by atoms with Gasteiger partial charge < -0.3 is 19.9 Å². The summed E-state index contributed by atoms with van der Waals surface area (Å²) >= 11 is 0. The molecule has 9 heteroatoms. The summed E-state index contributed by atoms with van der Waals surface area (Å²) in [5, 5.41) is 12.4. The van der Waals surface area contributed by atoms with Crippen LogP contribution < -0.4 is 10.8 Å². The van der Waals surface area contributed by atoms with Crippen LogP contribution in [0.25, 0.3) is 0 Å². The lowest BCUT2D eigenvalue weighted by atomic mass is 9.85. The molecule has 32 heavy (non-hydrogen) atoms. The van der Waals surface area contributed by atoms with Crippen molar-refractivity contribution in [3.05, 3.63) is 35.9 Å². The molecule has 0 spiro atoms. The molecule has 2 aliphatic rings. The van der Waals surface area contributed by atoms with E-state index < -0.39 is 24.0 Å². The van der Waals surface area contributed by atoms with Gasteiger partial charge in [0.2, 0.25) is 11.8 Å². The van der Waals surface area contributed by atoms with Crippen LogP contribution in [0.5, 0.6) is 0 Å². The van der Waals surface area contributed by atoms with E-state index >= 15 is 0 Å². The fourth-order valence-electron chi connectivity index (χ4n) is 4.60. The van der Waals surface area contributed by atoms with Crippen molar-refractivity contribution in [2.45, 2.75) is 57.2 Å². The number of ether oxygens (including phenoxy) is 1. The standard InChI is InChI=1S/C23H34N4O5/c1-15(2)32-23(30)26(3)18-13-19(21(28)25-31)20(24-14-18)22(29)27-11-9-17(10-12-27)16-7-5-4-6-8-16/h4-8,15,17-20,24,31H,9-14H2,1-3H3,(H,25,28)/t18?,19-,20-/m0/s1. The zero-order chi connectivity index (χ0) is 23.3. The minimum atomic E-state index is -0.799. The Bertz CT molecular complexity index is 795. The van der Waals surface area contributed by atoms with Crippen LogP contribution in [0.15, 0.2) is 30.3 Å². The summed E-state index contributed by atoms with van der Waals surface area (Å²) in [4.78, 5) is 41.2. The van der Waals surface area contributed by atoms with E-state index in [1.807, 2.05) is 18.2 Å². The molecular formula is C23H34N4O5. The third kappa shape index (κ3) is 5.58. The molecule has 2 saturated heterocycles. The second-order valence-corrected chi connectivity index (χ2v) is 8.91. The summed E-state index contributed by atoms with van der Waals surface area (Å²) in [5.41, 5.74) is 2.97. The summed E-state index contributed by atoms with van der Waals surface area (Å²) < 4.78 is 5.24. The molecule has 3 rings (SSSR count). The molecule has 9 nitrogen and oxygen atoms in total. The van der Waals surface area contributed by atoms with Crippen molar-refractivity contribution in [3.8, 4) is 0 Å². The molecule has 176 valence electrons. The lowest BCUT2D eigenvalue weighted by Crippen LogP contribution is -2.62. The number of likely N-dealkylation sites (N-methyl/N-ethyl adjacent to an activating group) is 1. The zero-order valence-electron chi connectivity index (χ0n) is 19.0. The minimum Gasteiger partial charge on any atom is -0.447 e. The van der Waals surface area contributed by atoms with Crippen LogP contribution in [0.3, 0.4) is 0 Å². The van der Waals surface area contributed by atoms with E-state index in [0.717, 1.165) is 12.8 Å². The van der Waals surface area contributed by atoms with Gasteiger partial charge in [-0.1, -0.05) is 30.3 Å². The first kappa shape index (κ1) is 24.0. The molecular weight excluding hydrogens is 412 g/mol. The van der Waals surface area contributed by atoms with Gasteiger partial charge in [-0.2, -0.15) is 0 Å². The molecule has 0 bridgehead atoms.